The molecule has 1 atom stereocenters. The van der Waals surface area contributed by atoms with Crippen LogP contribution in [0.5, 0.6) is 11.5 Å². The number of nitrogens with zero attached hydrogens (tertiary/aromatic N) is 1. The molecule has 0 amide bonds. The second-order valence-corrected chi connectivity index (χ2v) is 7.73. The Hall–Kier alpha value is -2.41. The minimum absolute atomic E-state index is 0.00374. The van der Waals surface area contributed by atoms with Gasteiger partial charge in [0.15, 0.2) is 6.29 Å². The van der Waals surface area contributed by atoms with E-state index in [4.69, 9.17) is 14.2 Å². The Bertz CT molecular complexity index is 794. The van der Waals surface area contributed by atoms with Gasteiger partial charge in [0.05, 0.1) is 12.2 Å². The van der Waals surface area contributed by atoms with Gasteiger partial charge in [0.1, 0.15) is 17.6 Å². The van der Waals surface area contributed by atoms with Crippen LogP contribution in [-0.2, 0) is 10.9 Å². The Morgan fingerprint density at radius 3 is 2.03 bits per heavy atom. The molecule has 1 unspecified atom stereocenters. The molecule has 7 heteroatoms. The van der Waals surface area contributed by atoms with Crippen LogP contribution in [0.3, 0.4) is 0 Å². The van der Waals surface area contributed by atoms with E-state index in [0.717, 1.165) is 75.4 Å². The van der Waals surface area contributed by atoms with Gasteiger partial charge in [-0.05, 0) is 61.4 Å². The van der Waals surface area contributed by atoms with Crippen LogP contribution in [0.2, 0.25) is 0 Å². The maximum absolute atomic E-state index is 12.7. The number of halogens is 3. The molecule has 0 spiro atoms. The molecule has 2 aliphatic heterocycles. The lowest BCUT2D eigenvalue weighted by atomic mass is 10.1. The van der Waals surface area contributed by atoms with Crippen molar-refractivity contribution in [1.82, 2.24) is 0 Å². The smallest absolute Gasteiger partial charge is 0.416 e. The summed E-state index contributed by atoms with van der Waals surface area (Å²) >= 11 is 0. The SMILES string of the molecule is FC(F)(F)c1ccc(OC2CCN(c3ccc(OC4CCCCO4)cc3)CC2)cc1. The number of alkyl halides is 3. The monoisotopic (exact) mass is 421 g/mol. The fourth-order valence-electron chi connectivity index (χ4n) is 3.84. The Kier molecular flexibility index (Phi) is 6.37. The predicted octanol–water partition coefficient (Wildman–Crippen LogP) is 5.66. The lowest BCUT2D eigenvalue weighted by Gasteiger charge is -2.34. The highest BCUT2D eigenvalue weighted by molar-refractivity contribution is 5.49. The van der Waals surface area contributed by atoms with Crippen LogP contribution in [0.25, 0.3) is 0 Å². The molecule has 162 valence electrons. The Morgan fingerprint density at radius 1 is 0.800 bits per heavy atom. The zero-order chi connectivity index (χ0) is 21.0. The van der Waals surface area contributed by atoms with Crippen molar-refractivity contribution in [3.8, 4) is 11.5 Å². The van der Waals surface area contributed by atoms with Gasteiger partial charge in [-0.2, -0.15) is 13.2 Å². The van der Waals surface area contributed by atoms with Gasteiger partial charge in [0.25, 0.3) is 0 Å². The van der Waals surface area contributed by atoms with Crippen molar-refractivity contribution >= 4 is 5.69 Å². The van der Waals surface area contributed by atoms with Crippen molar-refractivity contribution in [2.75, 3.05) is 24.6 Å². The van der Waals surface area contributed by atoms with Gasteiger partial charge in [0.2, 0.25) is 0 Å². The summed E-state index contributed by atoms with van der Waals surface area (Å²) < 4.78 is 55.4. The first kappa shape index (κ1) is 20.8. The van der Waals surface area contributed by atoms with Gasteiger partial charge in [0, 0.05) is 38.0 Å². The zero-order valence-corrected chi connectivity index (χ0v) is 16.7. The van der Waals surface area contributed by atoms with Crippen molar-refractivity contribution in [3.63, 3.8) is 0 Å². The van der Waals surface area contributed by atoms with Crippen molar-refractivity contribution in [2.24, 2.45) is 0 Å². The second-order valence-electron chi connectivity index (χ2n) is 7.73. The molecular formula is C23H26F3NO3. The molecule has 4 rings (SSSR count). The summed E-state index contributed by atoms with van der Waals surface area (Å²) in [6, 6.07) is 13.0. The topological polar surface area (TPSA) is 30.9 Å². The zero-order valence-electron chi connectivity index (χ0n) is 16.7. The Morgan fingerprint density at radius 2 is 1.43 bits per heavy atom. The molecule has 2 aromatic carbocycles. The molecule has 0 radical (unpaired) electrons. The number of hydrogen-bond donors (Lipinski definition) is 0. The number of benzene rings is 2. The molecule has 0 saturated carbocycles. The lowest BCUT2D eigenvalue weighted by molar-refractivity contribution is -0.137. The standard InChI is InChI=1S/C23H26F3NO3/c24-23(25,26)17-4-8-19(9-5-17)29-21-12-14-27(15-13-21)18-6-10-20(11-7-18)30-22-3-1-2-16-28-22/h4-11,21-22H,1-3,12-16H2. The summed E-state index contributed by atoms with van der Waals surface area (Å²) in [5, 5.41) is 0. The average molecular weight is 421 g/mol. The molecule has 0 aliphatic carbocycles. The van der Waals surface area contributed by atoms with Gasteiger partial charge in [-0.1, -0.05) is 0 Å². The maximum Gasteiger partial charge on any atom is 0.416 e. The van der Waals surface area contributed by atoms with Gasteiger partial charge >= 0.3 is 6.18 Å². The summed E-state index contributed by atoms with van der Waals surface area (Å²) in [6.07, 6.45) is 0.308. The van der Waals surface area contributed by atoms with Gasteiger partial charge in [-0.3, -0.25) is 0 Å². The van der Waals surface area contributed by atoms with Crippen LogP contribution in [0.4, 0.5) is 18.9 Å². The minimum atomic E-state index is -4.33. The molecule has 4 nitrogen and oxygen atoms in total. The first-order valence-corrected chi connectivity index (χ1v) is 10.4. The van der Waals surface area contributed by atoms with Gasteiger partial charge < -0.3 is 19.1 Å². The van der Waals surface area contributed by atoms with E-state index in [1.54, 1.807) is 0 Å². The molecule has 2 aliphatic rings. The minimum Gasteiger partial charge on any atom is -0.490 e. The van der Waals surface area contributed by atoms with E-state index < -0.39 is 11.7 Å². The Labute approximate surface area is 174 Å². The number of rotatable bonds is 5. The summed E-state index contributed by atoms with van der Waals surface area (Å²) in [7, 11) is 0. The van der Waals surface area contributed by atoms with Crippen LogP contribution in [-0.4, -0.2) is 32.1 Å². The van der Waals surface area contributed by atoms with E-state index in [-0.39, 0.29) is 12.4 Å². The molecular weight excluding hydrogens is 395 g/mol. The van der Waals surface area contributed by atoms with E-state index >= 15 is 0 Å². The summed E-state index contributed by atoms with van der Waals surface area (Å²) in [5.41, 5.74) is 0.465. The summed E-state index contributed by atoms with van der Waals surface area (Å²) in [5.74, 6) is 1.29. The molecule has 0 bridgehead atoms. The second kappa shape index (κ2) is 9.16. The third kappa shape index (κ3) is 5.39. The third-order valence-electron chi connectivity index (χ3n) is 5.53. The highest BCUT2D eigenvalue weighted by Gasteiger charge is 2.30. The number of piperidine rings is 1. The van der Waals surface area contributed by atoms with Crippen molar-refractivity contribution < 1.29 is 27.4 Å². The quantitative estimate of drug-likeness (QED) is 0.624. The van der Waals surface area contributed by atoms with E-state index in [2.05, 4.69) is 17.0 Å². The van der Waals surface area contributed by atoms with Crippen molar-refractivity contribution in [2.45, 2.75) is 50.7 Å². The number of ether oxygens (including phenoxy) is 3. The molecule has 2 fully saturated rings. The third-order valence-corrected chi connectivity index (χ3v) is 5.53. The Balaban J connectivity index is 1.26. The fourth-order valence-corrected chi connectivity index (χ4v) is 3.84. The number of hydrogen-bond acceptors (Lipinski definition) is 4. The van der Waals surface area contributed by atoms with Crippen LogP contribution < -0.4 is 14.4 Å². The van der Waals surface area contributed by atoms with Crippen LogP contribution in [0.15, 0.2) is 48.5 Å². The van der Waals surface area contributed by atoms with Gasteiger partial charge in [-0.25, -0.2) is 0 Å². The van der Waals surface area contributed by atoms with Crippen LogP contribution in [0, 0.1) is 0 Å². The predicted molar refractivity (Wildman–Crippen MR) is 108 cm³/mol. The molecule has 0 aromatic heterocycles. The van der Waals surface area contributed by atoms with E-state index in [1.165, 1.54) is 12.1 Å². The van der Waals surface area contributed by atoms with Crippen molar-refractivity contribution in [3.05, 3.63) is 54.1 Å². The van der Waals surface area contributed by atoms with E-state index in [0.29, 0.717) is 5.75 Å². The summed E-state index contributed by atoms with van der Waals surface area (Å²) in [4.78, 5) is 2.29. The average Bonchev–Trinajstić information content (AvgIpc) is 2.75. The van der Waals surface area contributed by atoms with E-state index in [1.807, 2.05) is 12.1 Å². The molecule has 2 heterocycles. The number of anilines is 1. The van der Waals surface area contributed by atoms with Crippen LogP contribution >= 0.6 is 0 Å². The van der Waals surface area contributed by atoms with E-state index in [9.17, 15) is 13.2 Å². The molecule has 30 heavy (non-hydrogen) atoms. The van der Waals surface area contributed by atoms with Crippen LogP contribution in [0.1, 0.15) is 37.7 Å². The summed E-state index contributed by atoms with van der Waals surface area (Å²) in [6.45, 7) is 2.42. The fraction of sp³-hybridized carbons (Fsp3) is 0.478. The normalized spacial score (nSPS) is 20.8. The first-order chi connectivity index (χ1) is 14.5. The van der Waals surface area contributed by atoms with Gasteiger partial charge in [-0.15, -0.1) is 0 Å². The highest BCUT2D eigenvalue weighted by atomic mass is 19.4. The maximum atomic E-state index is 12.7. The highest BCUT2D eigenvalue weighted by Crippen LogP contribution is 2.31. The largest absolute Gasteiger partial charge is 0.490 e. The molecule has 2 saturated heterocycles. The first-order valence-electron chi connectivity index (χ1n) is 10.4. The lowest BCUT2D eigenvalue weighted by Crippen LogP contribution is -2.38. The van der Waals surface area contributed by atoms with Crippen molar-refractivity contribution in [1.29, 1.82) is 0 Å². The molecule has 2 aromatic rings. The molecule has 0 N–H and O–H groups in total.